The molecule has 2 aromatic rings. The zero-order chi connectivity index (χ0) is 13.3. The topological polar surface area (TPSA) is 65.6 Å². The summed E-state index contributed by atoms with van der Waals surface area (Å²) in [6.45, 7) is 4.14. The second kappa shape index (κ2) is 4.89. The Labute approximate surface area is 109 Å². The van der Waals surface area contributed by atoms with Crippen molar-refractivity contribution in [1.29, 1.82) is 0 Å². The fourth-order valence-electron chi connectivity index (χ4n) is 1.69. The Bertz CT molecular complexity index is 631. The molecule has 0 spiro atoms. The second-order valence-electron chi connectivity index (χ2n) is 4.00. The van der Waals surface area contributed by atoms with E-state index >= 15 is 0 Å². The summed E-state index contributed by atoms with van der Waals surface area (Å²) in [6, 6.07) is 1.31. The lowest BCUT2D eigenvalue weighted by molar-refractivity contribution is 0.624. The van der Waals surface area contributed by atoms with Crippen LogP contribution in [-0.2, 0) is 20.0 Å². The number of hydrogen-bond donors (Lipinski definition) is 0. The van der Waals surface area contributed by atoms with Crippen LogP contribution < -0.4 is 5.56 Å². The van der Waals surface area contributed by atoms with Gasteiger partial charge < -0.3 is 4.57 Å². The minimum Gasteiger partial charge on any atom is -0.317 e. The lowest BCUT2D eigenvalue weighted by atomic mass is 10.4. The van der Waals surface area contributed by atoms with Gasteiger partial charge in [-0.15, -0.1) is 10.2 Å². The number of hydrogen-bond acceptors (Lipinski definition) is 4. The smallest absolute Gasteiger partial charge is 0.255 e. The first-order chi connectivity index (χ1) is 8.52. The highest BCUT2D eigenvalue weighted by Crippen LogP contribution is 2.06. The number of aromatic nitrogens is 5. The Kier molecular flexibility index (Phi) is 3.47. The third-order valence-corrected chi connectivity index (χ3v) is 3.05. The lowest BCUT2D eigenvalue weighted by Gasteiger charge is -2.10. The first kappa shape index (κ1) is 12.8. The van der Waals surface area contributed by atoms with Gasteiger partial charge in [-0.25, -0.2) is 4.98 Å². The standard InChI is InChI=1S/C11H14ClN5O/c1-4-9-13-8(12)5-11(18)17(9)6-10-15-14-7(2)16(10)3/h5H,4,6H2,1-3H3. The molecule has 0 N–H and O–H groups in total. The van der Waals surface area contributed by atoms with Gasteiger partial charge in [0.25, 0.3) is 5.56 Å². The quantitative estimate of drug-likeness (QED) is 0.777. The summed E-state index contributed by atoms with van der Waals surface area (Å²) in [5, 5.41) is 8.23. The van der Waals surface area contributed by atoms with E-state index in [9.17, 15) is 4.79 Å². The molecule has 0 radical (unpaired) electrons. The van der Waals surface area contributed by atoms with E-state index in [1.165, 1.54) is 6.07 Å². The van der Waals surface area contributed by atoms with Gasteiger partial charge >= 0.3 is 0 Å². The molecule has 6 nitrogen and oxygen atoms in total. The van der Waals surface area contributed by atoms with Crippen molar-refractivity contribution in [3.63, 3.8) is 0 Å². The average molecular weight is 268 g/mol. The van der Waals surface area contributed by atoms with E-state index in [-0.39, 0.29) is 10.7 Å². The SMILES string of the molecule is CCc1nc(Cl)cc(=O)n1Cc1nnc(C)n1C. The van der Waals surface area contributed by atoms with Crippen LogP contribution in [0.4, 0.5) is 0 Å². The molecule has 0 unspecified atom stereocenters. The summed E-state index contributed by atoms with van der Waals surface area (Å²) < 4.78 is 3.41. The van der Waals surface area contributed by atoms with Crippen molar-refractivity contribution in [1.82, 2.24) is 24.3 Å². The Balaban J connectivity index is 2.46. The molecule has 0 aromatic carbocycles. The first-order valence-corrected chi connectivity index (χ1v) is 6.01. The molecular weight excluding hydrogens is 254 g/mol. The maximum atomic E-state index is 11.9. The van der Waals surface area contributed by atoms with Crippen molar-refractivity contribution in [3.05, 3.63) is 39.0 Å². The maximum Gasteiger partial charge on any atom is 0.255 e. The van der Waals surface area contributed by atoms with Crippen molar-refractivity contribution in [2.24, 2.45) is 7.05 Å². The number of nitrogens with zero attached hydrogens (tertiary/aromatic N) is 5. The van der Waals surface area contributed by atoms with E-state index in [4.69, 9.17) is 11.6 Å². The van der Waals surface area contributed by atoms with Gasteiger partial charge in [0.05, 0.1) is 6.54 Å². The van der Waals surface area contributed by atoms with E-state index < -0.39 is 0 Å². The molecule has 2 heterocycles. The Morgan fingerprint density at radius 2 is 2.06 bits per heavy atom. The molecule has 0 bridgehead atoms. The summed E-state index contributed by atoms with van der Waals surface area (Å²) in [5.41, 5.74) is -0.174. The Hall–Kier alpha value is -1.69. The molecule has 0 aliphatic rings. The van der Waals surface area contributed by atoms with Gasteiger partial charge in [0.15, 0.2) is 5.82 Å². The van der Waals surface area contributed by atoms with Gasteiger partial charge in [0.2, 0.25) is 0 Å². The number of halogens is 1. The monoisotopic (exact) mass is 267 g/mol. The third kappa shape index (κ3) is 2.28. The van der Waals surface area contributed by atoms with E-state index in [2.05, 4.69) is 15.2 Å². The van der Waals surface area contributed by atoms with Crippen LogP contribution in [0.3, 0.4) is 0 Å². The third-order valence-electron chi connectivity index (χ3n) is 2.85. The second-order valence-corrected chi connectivity index (χ2v) is 4.38. The molecule has 7 heteroatoms. The van der Waals surface area contributed by atoms with Crippen molar-refractivity contribution < 1.29 is 0 Å². The van der Waals surface area contributed by atoms with Gasteiger partial charge in [-0.3, -0.25) is 9.36 Å². The van der Waals surface area contributed by atoms with Crippen LogP contribution in [0.1, 0.15) is 24.4 Å². The predicted octanol–water partition coefficient (Wildman–Crippen LogP) is 0.944. The fourth-order valence-corrected chi connectivity index (χ4v) is 1.88. The highest BCUT2D eigenvalue weighted by Gasteiger charge is 2.11. The molecule has 2 rings (SSSR count). The highest BCUT2D eigenvalue weighted by atomic mass is 35.5. The fraction of sp³-hybridized carbons (Fsp3) is 0.455. The summed E-state index contributed by atoms with van der Waals surface area (Å²) in [4.78, 5) is 16.1. The minimum absolute atomic E-state index is 0.174. The minimum atomic E-state index is -0.174. The van der Waals surface area contributed by atoms with Gasteiger partial charge in [0.1, 0.15) is 16.8 Å². The van der Waals surface area contributed by atoms with Crippen molar-refractivity contribution in [2.45, 2.75) is 26.8 Å². The molecule has 0 saturated heterocycles. The summed E-state index contributed by atoms with van der Waals surface area (Å²) >= 11 is 5.78. The molecule has 2 aromatic heterocycles. The average Bonchev–Trinajstić information content (AvgIpc) is 2.63. The van der Waals surface area contributed by atoms with Crippen LogP contribution in [0.2, 0.25) is 5.15 Å². The van der Waals surface area contributed by atoms with Crippen molar-refractivity contribution in [2.75, 3.05) is 0 Å². The summed E-state index contributed by atoms with van der Waals surface area (Å²) in [7, 11) is 1.87. The van der Waals surface area contributed by atoms with Crippen molar-refractivity contribution in [3.8, 4) is 0 Å². The molecule has 96 valence electrons. The zero-order valence-corrected chi connectivity index (χ0v) is 11.3. The van der Waals surface area contributed by atoms with Crippen LogP contribution in [-0.4, -0.2) is 24.3 Å². The van der Waals surface area contributed by atoms with E-state index in [1.54, 1.807) is 4.57 Å². The van der Waals surface area contributed by atoms with Crippen LogP contribution in [0.5, 0.6) is 0 Å². The van der Waals surface area contributed by atoms with E-state index in [0.717, 1.165) is 5.82 Å². The highest BCUT2D eigenvalue weighted by molar-refractivity contribution is 6.29. The molecule has 0 aliphatic heterocycles. The summed E-state index contributed by atoms with van der Waals surface area (Å²) in [5.74, 6) is 2.17. The molecule has 0 aliphatic carbocycles. The largest absolute Gasteiger partial charge is 0.317 e. The van der Waals surface area contributed by atoms with Gasteiger partial charge in [-0.05, 0) is 6.92 Å². The maximum absolute atomic E-state index is 11.9. The Morgan fingerprint density at radius 1 is 1.33 bits per heavy atom. The van der Waals surface area contributed by atoms with Crippen LogP contribution >= 0.6 is 11.6 Å². The zero-order valence-electron chi connectivity index (χ0n) is 10.5. The normalized spacial score (nSPS) is 10.9. The number of aryl methyl sites for hydroxylation is 2. The lowest BCUT2D eigenvalue weighted by Crippen LogP contribution is -2.26. The Morgan fingerprint density at radius 3 is 2.61 bits per heavy atom. The van der Waals surface area contributed by atoms with Gasteiger partial charge in [0, 0.05) is 19.5 Å². The van der Waals surface area contributed by atoms with Gasteiger partial charge in [-0.2, -0.15) is 0 Å². The van der Waals surface area contributed by atoms with E-state index in [1.807, 2.05) is 25.5 Å². The molecular formula is C11H14ClN5O. The summed E-state index contributed by atoms with van der Waals surface area (Å²) in [6.07, 6.45) is 0.632. The van der Waals surface area contributed by atoms with Gasteiger partial charge in [-0.1, -0.05) is 18.5 Å². The van der Waals surface area contributed by atoms with Crippen LogP contribution in [0, 0.1) is 6.92 Å². The van der Waals surface area contributed by atoms with Crippen molar-refractivity contribution >= 4 is 11.6 Å². The molecule has 18 heavy (non-hydrogen) atoms. The predicted molar refractivity (Wildman–Crippen MR) is 67.7 cm³/mol. The van der Waals surface area contributed by atoms with E-state index in [0.29, 0.717) is 24.6 Å². The molecule has 0 amide bonds. The number of rotatable bonds is 3. The van der Waals surface area contributed by atoms with Crippen LogP contribution in [0.25, 0.3) is 0 Å². The molecule has 0 atom stereocenters. The molecule has 0 saturated carbocycles. The van der Waals surface area contributed by atoms with Crippen LogP contribution in [0.15, 0.2) is 10.9 Å². The molecule has 0 fully saturated rings. The first-order valence-electron chi connectivity index (χ1n) is 5.64.